The van der Waals surface area contributed by atoms with Crippen molar-refractivity contribution in [3.63, 3.8) is 0 Å². The first-order valence-electron chi connectivity index (χ1n) is 23.3. The summed E-state index contributed by atoms with van der Waals surface area (Å²) < 4.78 is 13.1. The molecule has 0 aromatic rings. The number of ether oxygens (including phenoxy) is 2. The molecule has 9 heteroatoms. The van der Waals surface area contributed by atoms with Crippen LogP contribution in [-0.4, -0.2) is 95.1 Å². The Hall–Kier alpha value is -1.33. The molecule has 7 aliphatic rings. The second-order valence-electron chi connectivity index (χ2n) is 22.8. The number of aliphatic hydroxyl groups is 6. The third-order valence-electron chi connectivity index (χ3n) is 19.1. The number of fused-ring (bicyclic) bond motifs is 6. The lowest BCUT2D eigenvalue weighted by Crippen LogP contribution is -2.63. The van der Waals surface area contributed by atoms with Crippen LogP contribution in [0.1, 0.15) is 126 Å². The average Bonchev–Trinajstić information content (AvgIpc) is 3.21. The van der Waals surface area contributed by atoms with Crippen molar-refractivity contribution < 1.29 is 44.9 Å². The molecule has 0 amide bonds. The highest BCUT2D eigenvalue weighted by Crippen LogP contribution is 2.74. The molecule has 4 fully saturated rings. The summed E-state index contributed by atoms with van der Waals surface area (Å²) in [7, 11) is 0. The Bertz CT molecular complexity index is 1560. The first-order valence-corrected chi connectivity index (χ1v) is 23.3. The van der Waals surface area contributed by atoms with Gasteiger partial charge in [0.05, 0.1) is 68.1 Å². The summed E-state index contributed by atoms with van der Waals surface area (Å²) in [5.41, 5.74) is 1.35. The standard InChI is InChI=1S/C49H80O9/c1-29(2)31-12-14-36-42-34(20-38-45(36,6)16-10-18-47(38,8)58-28-49(24-53,25-54)26-55)40-32(30(3)4)11-13-35-41(40)33(39(31)42)19-37-44(35,5)15-9-17-46(37,7)43(56)57-27-48(21-50,22-51)23-52/h20,29-33,35-39,42,50-55H,9-19,21-28H2,1-8H3. The molecule has 0 aromatic heterocycles. The molecular formula is C49H80O9. The molecule has 4 saturated carbocycles. The van der Waals surface area contributed by atoms with E-state index in [4.69, 9.17) is 9.47 Å². The molecule has 6 N–H and O–H groups in total. The zero-order valence-electron chi connectivity index (χ0n) is 37.3. The SMILES string of the molecule is CC(C)C1CCC2C3=C1C1=CC4C(C)(OCC(CO)(CO)CO)CCCC4(C)C4CCC(C(C)C)C(C3CC3C(C)(C(=O)OCC(CO)(CO)CO)CCCC23C)C14. The molecule has 0 heterocycles. The van der Waals surface area contributed by atoms with Gasteiger partial charge in [-0.25, -0.2) is 0 Å². The maximum Gasteiger partial charge on any atom is 0.312 e. The Labute approximate surface area is 349 Å². The Morgan fingerprint density at radius 2 is 1.36 bits per heavy atom. The largest absolute Gasteiger partial charge is 0.464 e. The maximum atomic E-state index is 14.6. The third-order valence-corrected chi connectivity index (χ3v) is 19.1. The normalized spacial score (nSPS) is 42.3. The van der Waals surface area contributed by atoms with Crippen LogP contribution < -0.4 is 0 Å². The predicted molar refractivity (Wildman–Crippen MR) is 224 cm³/mol. The second kappa shape index (κ2) is 16.1. The molecular weight excluding hydrogens is 733 g/mol. The van der Waals surface area contributed by atoms with Crippen LogP contribution in [0.4, 0.5) is 0 Å². The van der Waals surface area contributed by atoms with E-state index in [2.05, 4.69) is 61.5 Å². The minimum atomic E-state index is -1.26. The highest BCUT2D eigenvalue weighted by molar-refractivity contribution is 5.77. The number of rotatable bonds is 14. The quantitative estimate of drug-likeness (QED) is 0.105. The van der Waals surface area contributed by atoms with Gasteiger partial charge in [-0.15, -0.1) is 0 Å². The van der Waals surface area contributed by atoms with Gasteiger partial charge in [-0.1, -0.05) is 59.6 Å². The lowest BCUT2D eigenvalue weighted by Gasteiger charge is -2.69. The van der Waals surface area contributed by atoms with E-state index in [1.165, 1.54) is 12.8 Å². The molecule has 0 aromatic carbocycles. The summed E-state index contributed by atoms with van der Waals surface area (Å²) in [5, 5.41) is 61.1. The van der Waals surface area contributed by atoms with Gasteiger partial charge < -0.3 is 40.1 Å². The zero-order chi connectivity index (χ0) is 42.2. The topological polar surface area (TPSA) is 157 Å². The lowest BCUT2D eigenvalue weighted by molar-refractivity contribution is -0.191. The van der Waals surface area contributed by atoms with E-state index < -0.39 is 41.7 Å². The van der Waals surface area contributed by atoms with Gasteiger partial charge >= 0.3 is 5.97 Å². The van der Waals surface area contributed by atoms with Crippen LogP contribution >= 0.6 is 0 Å². The molecule has 13 unspecified atom stereocenters. The van der Waals surface area contributed by atoms with E-state index >= 15 is 0 Å². The van der Waals surface area contributed by atoms with Crippen LogP contribution in [0.3, 0.4) is 0 Å². The molecule has 9 nitrogen and oxygen atoms in total. The molecule has 0 spiro atoms. The lowest BCUT2D eigenvalue weighted by atomic mass is 9.35. The van der Waals surface area contributed by atoms with Crippen LogP contribution in [0, 0.1) is 92.2 Å². The fourth-order valence-electron chi connectivity index (χ4n) is 15.5. The molecule has 330 valence electrons. The number of allylic oxidation sites excluding steroid dienone is 3. The number of carbonyl (C=O) groups is 1. The van der Waals surface area contributed by atoms with Gasteiger partial charge in [-0.2, -0.15) is 0 Å². The molecule has 7 aliphatic carbocycles. The van der Waals surface area contributed by atoms with Crippen molar-refractivity contribution in [2.45, 2.75) is 132 Å². The minimum absolute atomic E-state index is 0.00604. The minimum Gasteiger partial charge on any atom is -0.464 e. The van der Waals surface area contributed by atoms with Crippen molar-refractivity contribution >= 4 is 5.97 Å². The van der Waals surface area contributed by atoms with Gasteiger partial charge in [0.25, 0.3) is 0 Å². The summed E-state index contributed by atoms with van der Waals surface area (Å²) in [6.07, 6.45) is 14.2. The van der Waals surface area contributed by atoms with Crippen molar-refractivity contribution in [1.82, 2.24) is 0 Å². The molecule has 0 aliphatic heterocycles. The van der Waals surface area contributed by atoms with Crippen LogP contribution in [0.25, 0.3) is 0 Å². The van der Waals surface area contributed by atoms with Crippen LogP contribution in [-0.2, 0) is 14.3 Å². The van der Waals surface area contributed by atoms with Gasteiger partial charge in [0.1, 0.15) is 6.61 Å². The zero-order valence-corrected chi connectivity index (χ0v) is 37.3. The Morgan fingerprint density at radius 1 is 0.759 bits per heavy atom. The van der Waals surface area contributed by atoms with Gasteiger partial charge in [0.2, 0.25) is 0 Å². The average molecular weight is 813 g/mol. The van der Waals surface area contributed by atoms with E-state index in [1.807, 2.05) is 0 Å². The van der Waals surface area contributed by atoms with Gasteiger partial charge in [0.15, 0.2) is 0 Å². The fourth-order valence-corrected chi connectivity index (χ4v) is 15.5. The Kier molecular flexibility index (Phi) is 12.4. The van der Waals surface area contributed by atoms with Crippen LogP contribution in [0.15, 0.2) is 22.8 Å². The first-order chi connectivity index (χ1) is 27.4. The van der Waals surface area contributed by atoms with Crippen molar-refractivity contribution in [3.8, 4) is 0 Å². The van der Waals surface area contributed by atoms with Gasteiger partial charge in [-0.3, -0.25) is 4.79 Å². The highest BCUT2D eigenvalue weighted by atomic mass is 16.5. The molecule has 0 bridgehead atoms. The molecule has 58 heavy (non-hydrogen) atoms. The molecule has 7 rings (SSSR count). The van der Waals surface area contributed by atoms with E-state index in [-0.39, 0.29) is 61.7 Å². The van der Waals surface area contributed by atoms with Gasteiger partial charge in [-0.05, 0) is 159 Å². The molecule has 0 radical (unpaired) electrons. The van der Waals surface area contributed by atoms with Crippen molar-refractivity contribution in [2.24, 2.45) is 92.2 Å². The number of esters is 1. The van der Waals surface area contributed by atoms with Crippen molar-refractivity contribution in [3.05, 3.63) is 22.8 Å². The summed E-state index contributed by atoms with van der Waals surface area (Å²) >= 11 is 0. The number of hydrogen-bond acceptors (Lipinski definition) is 9. The van der Waals surface area contributed by atoms with Crippen molar-refractivity contribution in [1.29, 1.82) is 0 Å². The third kappa shape index (κ3) is 6.67. The monoisotopic (exact) mass is 813 g/mol. The number of carbonyl (C=O) groups excluding carboxylic acids is 1. The number of hydrogen-bond donors (Lipinski definition) is 6. The fraction of sp³-hybridized carbons (Fsp3) is 0.898. The molecule has 13 atom stereocenters. The summed E-state index contributed by atoms with van der Waals surface area (Å²) in [4.78, 5) is 14.6. The van der Waals surface area contributed by atoms with E-state index in [0.29, 0.717) is 53.3 Å². The Balaban J connectivity index is 1.38. The van der Waals surface area contributed by atoms with Crippen LogP contribution in [0.5, 0.6) is 0 Å². The summed E-state index contributed by atoms with van der Waals surface area (Å²) in [5.74, 6) is 4.28. The van der Waals surface area contributed by atoms with Gasteiger partial charge in [0, 0.05) is 5.92 Å². The van der Waals surface area contributed by atoms with E-state index in [0.717, 1.165) is 57.8 Å². The molecule has 0 saturated heterocycles. The van der Waals surface area contributed by atoms with E-state index in [1.54, 1.807) is 16.7 Å². The van der Waals surface area contributed by atoms with Crippen molar-refractivity contribution in [2.75, 3.05) is 52.9 Å². The smallest absolute Gasteiger partial charge is 0.312 e. The first kappa shape index (κ1) is 44.7. The number of aliphatic hydroxyl groups excluding tert-OH is 6. The van der Waals surface area contributed by atoms with E-state index in [9.17, 15) is 35.4 Å². The maximum absolute atomic E-state index is 14.6. The van der Waals surface area contributed by atoms with Crippen LogP contribution in [0.2, 0.25) is 0 Å². The second-order valence-corrected chi connectivity index (χ2v) is 22.8. The Morgan fingerprint density at radius 3 is 1.97 bits per heavy atom. The highest BCUT2D eigenvalue weighted by Gasteiger charge is 2.68. The summed E-state index contributed by atoms with van der Waals surface area (Å²) in [6.45, 7) is 16.7. The predicted octanol–water partition coefficient (Wildman–Crippen LogP) is 6.72. The summed E-state index contributed by atoms with van der Waals surface area (Å²) in [6, 6.07) is 0.